The fourth-order valence-corrected chi connectivity index (χ4v) is 4.13. The first-order chi connectivity index (χ1) is 17.9. The number of aromatic nitrogens is 3. The number of rotatable bonds is 7. The van der Waals surface area contributed by atoms with Gasteiger partial charge >= 0.3 is 6.18 Å². The number of alkyl halides is 3. The summed E-state index contributed by atoms with van der Waals surface area (Å²) in [5, 5.41) is 10.2. The Morgan fingerprint density at radius 2 is 1.76 bits per heavy atom. The number of hydrogen-bond donors (Lipinski definition) is 2. The summed E-state index contributed by atoms with van der Waals surface area (Å²) in [5.74, 6) is 0.772. The van der Waals surface area contributed by atoms with Crippen LogP contribution in [0.15, 0.2) is 73.2 Å². The lowest BCUT2D eigenvalue weighted by atomic mass is 10.2. The van der Waals surface area contributed by atoms with Crippen molar-refractivity contribution in [2.75, 3.05) is 48.9 Å². The van der Waals surface area contributed by atoms with Crippen molar-refractivity contribution in [2.45, 2.75) is 6.18 Å². The first-order valence-electron chi connectivity index (χ1n) is 11.6. The van der Waals surface area contributed by atoms with Gasteiger partial charge in [-0.05, 0) is 30.3 Å². The Balaban J connectivity index is 1.46. The lowest BCUT2D eigenvalue weighted by molar-refractivity contribution is -0.137. The van der Waals surface area contributed by atoms with Crippen molar-refractivity contribution < 1.29 is 22.6 Å². The van der Waals surface area contributed by atoms with Crippen LogP contribution in [0.5, 0.6) is 5.75 Å². The second-order valence-corrected chi connectivity index (χ2v) is 8.31. The average molecular weight is 511 g/mol. The van der Waals surface area contributed by atoms with E-state index in [1.807, 2.05) is 18.2 Å². The second kappa shape index (κ2) is 10.4. The number of methoxy groups -OCH3 is 1. The molecule has 3 heterocycles. The van der Waals surface area contributed by atoms with E-state index in [1.54, 1.807) is 54.5 Å². The fourth-order valence-electron chi connectivity index (χ4n) is 4.13. The molecule has 192 valence electrons. The van der Waals surface area contributed by atoms with Gasteiger partial charge in [0, 0.05) is 49.5 Å². The molecule has 0 bridgehead atoms. The maximum Gasteiger partial charge on any atom is 0.419 e. The number of benzene rings is 2. The molecule has 2 aromatic carbocycles. The molecular formula is C26H25F3N6O2. The van der Waals surface area contributed by atoms with Crippen LogP contribution in [0.4, 0.5) is 41.7 Å². The van der Waals surface area contributed by atoms with E-state index in [1.165, 1.54) is 6.07 Å². The lowest BCUT2D eigenvalue weighted by Crippen LogP contribution is -2.36. The van der Waals surface area contributed by atoms with Gasteiger partial charge in [0.2, 0.25) is 0 Å². The van der Waals surface area contributed by atoms with E-state index >= 15 is 0 Å². The van der Waals surface area contributed by atoms with Crippen molar-refractivity contribution in [3.63, 3.8) is 0 Å². The molecule has 8 nitrogen and oxygen atoms in total. The van der Waals surface area contributed by atoms with Gasteiger partial charge < -0.3 is 25.0 Å². The van der Waals surface area contributed by atoms with Crippen LogP contribution in [0.3, 0.4) is 0 Å². The van der Waals surface area contributed by atoms with E-state index in [0.717, 1.165) is 25.0 Å². The van der Waals surface area contributed by atoms with Crippen LogP contribution in [-0.2, 0) is 10.9 Å². The zero-order chi connectivity index (χ0) is 25.8. The number of nitrogens with zero attached hydrogens (tertiary/aromatic N) is 4. The van der Waals surface area contributed by atoms with E-state index in [2.05, 4.69) is 25.6 Å². The highest BCUT2D eigenvalue weighted by molar-refractivity contribution is 5.75. The zero-order valence-corrected chi connectivity index (χ0v) is 20.0. The van der Waals surface area contributed by atoms with E-state index in [9.17, 15) is 13.2 Å². The van der Waals surface area contributed by atoms with Crippen molar-refractivity contribution in [2.24, 2.45) is 0 Å². The van der Waals surface area contributed by atoms with Crippen LogP contribution in [-0.4, -0.2) is 48.2 Å². The van der Waals surface area contributed by atoms with Gasteiger partial charge in [0.25, 0.3) is 0 Å². The third-order valence-corrected chi connectivity index (χ3v) is 5.96. The Hall–Kier alpha value is -4.25. The van der Waals surface area contributed by atoms with Crippen LogP contribution in [0.25, 0.3) is 5.69 Å². The first-order valence-corrected chi connectivity index (χ1v) is 11.6. The highest BCUT2D eigenvalue weighted by atomic mass is 19.4. The molecule has 2 N–H and O–H groups in total. The minimum Gasteiger partial charge on any atom is -0.494 e. The van der Waals surface area contributed by atoms with Gasteiger partial charge in [-0.15, -0.1) is 0 Å². The van der Waals surface area contributed by atoms with Crippen LogP contribution in [0.2, 0.25) is 0 Å². The molecular weight excluding hydrogens is 485 g/mol. The average Bonchev–Trinajstić information content (AvgIpc) is 3.44. The monoisotopic (exact) mass is 510 g/mol. The van der Waals surface area contributed by atoms with Gasteiger partial charge in [-0.2, -0.15) is 18.3 Å². The summed E-state index contributed by atoms with van der Waals surface area (Å²) in [6.07, 6.45) is -0.469. The minimum atomic E-state index is -4.61. The van der Waals surface area contributed by atoms with Gasteiger partial charge in [-0.25, -0.2) is 9.67 Å². The Bertz CT molecular complexity index is 1350. The van der Waals surface area contributed by atoms with Gasteiger partial charge in [0.1, 0.15) is 11.6 Å². The Morgan fingerprint density at radius 1 is 0.946 bits per heavy atom. The van der Waals surface area contributed by atoms with Gasteiger partial charge in [0.15, 0.2) is 0 Å². The number of pyridine rings is 1. The van der Waals surface area contributed by atoms with Gasteiger partial charge in [-0.3, -0.25) is 0 Å². The van der Waals surface area contributed by atoms with E-state index in [0.29, 0.717) is 36.0 Å². The lowest BCUT2D eigenvalue weighted by Gasteiger charge is -2.29. The predicted molar refractivity (Wildman–Crippen MR) is 135 cm³/mol. The number of ether oxygens (including phenoxy) is 2. The maximum atomic E-state index is 13.9. The highest BCUT2D eigenvalue weighted by Crippen LogP contribution is 2.39. The molecule has 5 rings (SSSR count). The molecule has 0 radical (unpaired) electrons. The summed E-state index contributed by atoms with van der Waals surface area (Å²) < 4.78 is 54.2. The molecule has 0 unspecified atom stereocenters. The molecule has 1 aliphatic rings. The predicted octanol–water partition coefficient (Wildman–Crippen LogP) is 5.62. The molecule has 1 fully saturated rings. The van der Waals surface area contributed by atoms with Crippen LogP contribution < -0.4 is 20.3 Å². The number of nitrogens with one attached hydrogen (secondary N) is 2. The first kappa shape index (κ1) is 24.4. The van der Waals surface area contributed by atoms with E-state index in [4.69, 9.17) is 9.47 Å². The summed E-state index contributed by atoms with van der Waals surface area (Å²) in [6.45, 7) is 2.84. The molecule has 1 saturated heterocycles. The molecule has 0 saturated carbocycles. The molecule has 11 heteroatoms. The Morgan fingerprint density at radius 3 is 2.49 bits per heavy atom. The fraction of sp³-hybridized carbons (Fsp3) is 0.231. The summed E-state index contributed by atoms with van der Waals surface area (Å²) in [6, 6.07) is 15.7. The summed E-state index contributed by atoms with van der Waals surface area (Å²) in [5.41, 5.74) is 1.59. The maximum absolute atomic E-state index is 13.9. The number of para-hydroxylation sites is 2. The van der Waals surface area contributed by atoms with Crippen molar-refractivity contribution in [1.29, 1.82) is 0 Å². The normalized spacial score (nSPS) is 13.9. The molecule has 0 aliphatic carbocycles. The number of anilines is 5. The molecule has 2 aromatic heterocycles. The number of hydrogen-bond acceptors (Lipinski definition) is 7. The number of halogens is 3. The summed E-state index contributed by atoms with van der Waals surface area (Å²) >= 11 is 0. The molecule has 0 spiro atoms. The van der Waals surface area contributed by atoms with E-state index in [-0.39, 0.29) is 11.5 Å². The van der Waals surface area contributed by atoms with Gasteiger partial charge in [0.05, 0.1) is 48.6 Å². The SMILES string of the molecule is COc1cc(N2CCOCC2)ccc1Nc1cc(Nc2ccccc2-n2cccn2)c(C(F)(F)F)cn1. The van der Waals surface area contributed by atoms with Gasteiger partial charge in [-0.1, -0.05) is 12.1 Å². The largest absolute Gasteiger partial charge is 0.494 e. The standard InChI is InChI=1S/C26H25F3N6O2/c1-36-24-15-18(34-11-13-37-14-12-34)7-8-21(24)33-25-16-22(19(17-30-25)26(27,28)29)32-20-5-2-3-6-23(20)35-10-4-9-31-35/h2-10,15-17H,11-14H2,1H3,(H2,30,32,33). The molecule has 0 atom stereocenters. The summed E-state index contributed by atoms with van der Waals surface area (Å²) in [7, 11) is 1.54. The minimum absolute atomic E-state index is 0.145. The quantitative estimate of drug-likeness (QED) is 0.334. The third-order valence-electron chi connectivity index (χ3n) is 5.96. The smallest absolute Gasteiger partial charge is 0.419 e. The zero-order valence-electron chi connectivity index (χ0n) is 20.0. The second-order valence-electron chi connectivity index (χ2n) is 8.31. The molecule has 37 heavy (non-hydrogen) atoms. The van der Waals surface area contributed by atoms with Crippen molar-refractivity contribution >= 4 is 28.6 Å². The van der Waals surface area contributed by atoms with Crippen LogP contribution in [0, 0.1) is 0 Å². The van der Waals surface area contributed by atoms with Crippen LogP contribution in [0.1, 0.15) is 5.56 Å². The Kier molecular flexibility index (Phi) is 6.87. The van der Waals surface area contributed by atoms with Crippen molar-refractivity contribution in [3.05, 3.63) is 78.8 Å². The van der Waals surface area contributed by atoms with Crippen molar-refractivity contribution in [1.82, 2.24) is 14.8 Å². The molecule has 4 aromatic rings. The highest BCUT2D eigenvalue weighted by Gasteiger charge is 2.34. The third kappa shape index (κ3) is 5.46. The van der Waals surface area contributed by atoms with E-state index < -0.39 is 11.7 Å². The molecule has 0 amide bonds. The topological polar surface area (TPSA) is 76.5 Å². The molecule has 1 aliphatic heterocycles. The van der Waals surface area contributed by atoms with Crippen LogP contribution >= 0.6 is 0 Å². The van der Waals surface area contributed by atoms with Crippen molar-refractivity contribution in [3.8, 4) is 11.4 Å². The Labute approximate surface area is 211 Å². The summed E-state index contributed by atoms with van der Waals surface area (Å²) in [4.78, 5) is 6.22. The number of morpholine rings is 1.